The van der Waals surface area contributed by atoms with Crippen molar-refractivity contribution >= 4 is 65.2 Å². The first kappa shape index (κ1) is 28.9. The topological polar surface area (TPSA) is 26.3 Å². The van der Waals surface area contributed by atoms with Crippen molar-refractivity contribution < 1.29 is 8.83 Å². The molecule has 0 radical (unpaired) electrons. The largest absolute Gasteiger partial charge is 0.456 e. The number of hydrogen-bond acceptors (Lipinski definition) is 2. The van der Waals surface area contributed by atoms with Gasteiger partial charge in [0.1, 0.15) is 22.5 Å². The highest BCUT2D eigenvalue weighted by atomic mass is 16.3. The molecule has 0 aliphatic carbocycles. The minimum Gasteiger partial charge on any atom is -0.456 e. The van der Waals surface area contributed by atoms with Gasteiger partial charge in [-0.1, -0.05) is 152 Å². The SMILES string of the molecule is c1ccc(-c2ccccc2-c2c3ccccc3c(-c3cc(-c4cc5ccccc5o4)cc4oc5c6ccccc6ccc5c34)c3ccccc23)cc1. The third-order valence-electron chi connectivity index (χ3n) is 10.7. The Balaban J connectivity index is 1.29. The van der Waals surface area contributed by atoms with Gasteiger partial charge in [0, 0.05) is 27.1 Å². The second-order valence-electron chi connectivity index (χ2n) is 13.6. The fourth-order valence-electron chi connectivity index (χ4n) is 8.38. The number of furan rings is 2. The van der Waals surface area contributed by atoms with Crippen LogP contribution in [0.5, 0.6) is 0 Å². The molecule has 0 aliphatic heterocycles. The lowest BCUT2D eigenvalue weighted by Gasteiger charge is -2.20. The Kier molecular flexibility index (Phi) is 6.28. The van der Waals surface area contributed by atoms with Gasteiger partial charge in [-0.2, -0.15) is 0 Å². The van der Waals surface area contributed by atoms with Crippen LogP contribution >= 0.6 is 0 Å². The number of para-hydroxylation sites is 1. The van der Waals surface area contributed by atoms with Crippen LogP contribution < -0.4 is 0 Å². The van der Waals surface area contributed by atoms with Crippen molar-refractivity contribution in [1.29, 1.82) is 0 Å². The van der Waals surface area contributed by atoms with E-state index in [1.807, 2.05) is 12.1 Å². The lowest BCUT2D eigenvalue weighted by atomic mass is 9.82. The van der Waals surface area contributed by atoms with Crippen molar-refractivity contribution in [3.63, 3.8) is 0 Å². The van der Waals surface area contributed by atoms with Gasteiger partial charge in [0.25, 0.3) is 0 Å². The van der Waals surface area contributed by atoms with Crippen LogP contribution in [0.1, 0.15) is 0 Å². The molecule has 0 N–H and O–H groups in total. The summed E-state index contributed by atoms with van der Waals surface area (Å²) in [6.45, 7) is 0. The van der Waals surface area contributed by atoms with Crippen molar-refractivity contribution in [3.8, 4) is 44.7 Å². The summed E-state index contributed by atoms with van der Waals surface area (Å²) in [5.41, 5.74) is 10.8. The minimum atomic E-state index is 0.816. The Bertz CT molecular complexity index is 3090. The van der Waals surface area contributed by atoms with Gasteiger partial charge in [-0.05, 0) is 90.6 Å². The molecule has 2 heterocycles. The van der Waals surface area contributed by atoms with Gasteiger partial charge in [-0.3, -0.25) is 0 Å². The van der Waals surface area contributed by atoms with E-state index in [2.05, 4.69) is 170 Å². The molecule has 0 atom stereocenters. The maximum absolute atomic E-state index is 6.90. The minimum absolute atomic E-state index is 0.816. The molecule has 52 heavy (non-hydrogen) atoms. The highest BCUT2D eigenvalue weighted by molar-refractivity contribution is 6.28. The average Bonchev–Trinajstić information content (AvgIpc) is 3.82. The lowest BCUT2D eigenvalue weighted by Crippen LogP contribution is -1.93. The first-order valence-corrected chi connectivity index (χ1v) is 17.8. The molecule has 0 bridgehead atoms. The van der Waals surface area contributed by atoms with Crippen molar-refractivity contribution in [2.45, 2.75) is 0 Å². The quantitative estimate of drug-likeness (QED) is 0.175. The summed E-state index contributed by atoms with van der Waals surface area (Å²) in [4.78, 5) is 0. The zero-order chi connectivity index (χ0) is 34.2. The number of benzene rings is 9. The monoisotopic (exact) mass is 662 g/mol. The molecule has 2 heteroatoms. The smallest absolute Gasteiger partial charge is 0.143 e. The van der Waals surface area contributed by atoms with Crippen LogP contribution in [0.4, 0.5) is 0 Å². The summed E-state index contributed by atoms with van der Waals surface area (Å²) in [6, 6.07) is 65.0. The predicted octanol–water partition coefficient (Wildman–Crippen LogP) is 14.5. The number of fused-ring (bicyclic) bond motifs is 8. The zero-order valence-corrected chi connectivity index (χ0v) is 28.1. The van der Waals surface area contributed by atoms with Crippen molar-refractivity contribution in [2.24, 2.45) is 0 Å². The average molecular weight is 663 g/mol. The molecule has 0 saturated heterocycles. The molecule has 11 rings (SSSR count). The molecule has 2 aromatic heterocycles. The summed E-state index contributed by atoms with van der Waals surface area (Å²) in [5.74, 6) is 0.816. The maximum atomic E-state index is 6.90. The summed E-state index contributed by atoms with van der Waals surface area (Å²) < 4.78 is 13.4. The fraction of sp³-hybridized carbons (Fsp3) is 0. The Morgan fingerprint density at radius 3 is 1.60 bits per heavy atom. The van der Waals surface area contributed by atoms with E-state index >= 15 is 0 Å². The second-order valence-corrected chi connectivity index (χ2v) is 13.6. The second kappa shape index (κ2) is 11.3. The van der Waals surface area contributed by atoms with Gasteiger partial charge in [0.05, 0.1) is 0 Å². The van der Waals surface area contributed by atoms with E-state index in [1.54, 1.807) is 0 Å². The molecule has 242 valence electrons. The highest BCUT2D eigenvalue weighted by Gasteiger charge is 2.23. The van der Waals surface area contributed by atoms with Crippen LogP contribution in [0.15, 0.2) is 191 Å². The van der Waals surface area contributed by atoms with Gasteiger partial charge >= 0.3 is 0 Å². The molecule has 11 aromatic rings. The van der Waals surface area contributed by atoms with Gasteiger partial charge < -0.3 is 8.83 Å². The van der Waals surface area contributed by atoms with Crippen LogP contribution in [0.25, 0.3) is 110 Å². The van der Waals surface area contributed by atoms with Gasteiger partial charge in [-0.25, -0.2) is 0 Å². The molecule has 2 nitrogen and oxygen atoms in total. The standard InChI is InChI=1S/C50H30O2/c1-2-14-31(15-3-1)35-18-7-8-20-37(35)47-38-21-9-11-23-40(38)48(41-24-12-10-22-39(41)47)43-28-34(45-29-33-17-5-13-25-44(33)51-45)30-46-49(43)42-27-26-32-16-4-6-19-36(32)50(42)52-46/h1-30H. The van der Waals surface area contributed by atoms with Crippen LogP contribution in [0, 0.1) is 0 Å². The summed E-state index contributed by atoms with van der Waals surface area (Å²) >= 11 is 0. The molecule has 0 fully saturated rings. The molecule has 0 amide bonds. The summed E-state index contributed by atoms with van der Waals surface area (Å²) in [5, 5.41) is 10.3. The lowest BCUT2D eigenvalue weighted by molar-refractivity contribution is 0.631. The Labute approximate surface area is 299 Å². The van der Waals surface area contributed by atoms with Crippen molar-refractivity contribution in [2.75, 3.05) is 0 Å². The first-order valence-electron chi connectivity index (χ1n) is 17.8. The van der Waals surface area contributed by atoms with E-state index in [1.165, 1.54) is 49.4 Å². The van der Waals surface area contributed by atoms with Crippen LogP contribution in [-0.2, 0) is 0 Å². The van der Waals surface area contributed by atoms with E-state index in [0.717, 1.165) is 60.6 Å². The predicted molar refractivity (Wildman–Crippen MR) is 218 cm³/mol. The third-order valence-corrected chi connectivity index (χ3v) is 10.7. The molecule has 0 aliphatic rings. The summed E-state index contributed by atoms with van der Waals surface area (Å²) in [6.07, 6.45) is 0. The fourth-order valence-corrected chi connectivity index (χ4v) is 8.38. The Morgan fingerprint density at radius 1 is 0.308 bits per heavy atom. The Hall–Kier alpha value is -6.90. The van der Waals surface area contributed by atoms with Crippen LogP contribution in [0.3, 0.4) is 0 Å². The van der Waals surface area contributed by atoms with Gasteiger partial charge in [0.15, 0.2) is 0 Å². The van der Waals surface area contributed by atoms with E-state index in [0.29, 0.717) is 0 Å². The number of hydrogen-bond donors (Lipinski definition) is 0. The molecule has 0 spiro atoms. The molecular formula is C50H30O2. The van der Waals surface area contributed by atoms with Gasteiger partial charge in [-0.15, -0.1) is 0 Å². The molecule has 0 saturated carbocycles. The van der Waals surface area contributed by atoms with Crippen molar-refractivity contribution in [1.82, 2.24) is 0 Å². The third kappa shape index (κ3) is 4.31. The van der Waals surface area contributed by atoms with E-state index in [4.69, 9.17) is 8.83 Å². The first-order chi connectivity index (χ1) is 25.8. The molecular weight excluding hydrogens is 633 g/mol. The van der Waals surface area contributed by atoms with Crippen LogP contribution in [0.2, 0.25) is 0 Å². The zero-order valence-electron chi connectivity index (χ0n) is 28.1. The molecule has 9 aromatic carbocycles. The highest BCUT2D eigenvalue weighted by Crippen LogP contribution is 2.50. The molecule has 0 unspecified atom stereocenters. The Morgan fingerprint density at radius 2 is 0.885 bits per heavy atom. The van der Waals surface area contributed by atoms with Crippen molar-refractivity contribution in [3.05, 3.63) is 182 Å². The number of rotatable bonds is 4. The normalized spacial score (nSPS) is 11.8. The van der Waals surface area contributed by atoms with Gasteiger partial charge in [0.2, 0.25) is 0 Å². The van der Waals surface area contributed by atoms with E-state index in [-0.39, 0.29) is 0 Å². The maximum Gasteiger partial charge on any atom is 0.143 e. The van der Waals surface area contributed by atoms with Crippen LogP contribution in [-0.4, -0.2) is 0 Å². The van der Waals surface area contributed by atoms with E-state index in [9.17, 15) is 0 Å². The van der Waals surface area contributed by atoms with E-state index < -0.39 is 0 Å². The summed E-state index contributed by atoms with van der Waals surface area (Å²) in [7, 11) is 0.